The van der Waals surface area contributed by atoms with Gasteiger partial charge >= 0.3 is 0 Å². The van der Waals surface area contributed by atoms with Crippen LogP contribution in [0.5, 0.6) is 0 Å². The molecule has 2 rings (SSSR count). The molecule has 4 heteroatoms. The quantitative estimate of drug-likeness (QED) is 0.815. The fraction of sp³-hybridized carbons (Fsp3) is 0.692. The predicted octanol–water partition coefficient (Wildman–Crippen LogP) is 1.44. The van der Waals surface area contributed by atoms with Crippen molar-refractivity contribution in [2.75, 3.05) is 19.8 Å². The van der Waals surface area contributed by atoms with Gasteiger partial charge in [0.2, 0.25) is 0 Å². The molecule has 0 bridgehead atoms. The van der Waals surface area contributed by atoms with Gasteiger partial charge in [0, 0.05) is 18.6 Å². The fourth-order valence-corrected chi connectivity index (χ4v) is 2.13. The molecule has 2 heterocycles. The van der Waals surface area contributed by atoms with Crippen LogP contribution in [0.3, 0.4) is 0 Å². The second kappa shape index (κ2) is 6.19. The molecule has 96 valence electrons. The van der Waals surface area contributed by atoms with Crippen molar-refractivity contribution in [3.05, 3.63) is 23.7 Å². The fourth-order valence-electron chi connectivity index (χ4n) is 2.13. The zero-order chi connectivity index (χ0) is 12.1. The molecule has 0 spiro atoms. The molecule has 2 atom stereocenters. The Balaban J connectivity index is 1.70. The lowest BCUT2D eigenvalue weighted by molar-refractivity contribution is 0.0711. The first-order valence-corrected chi connectivity index (χ1v) is 6.33. The minimum absolute atomic E-state index is 0.457. The van der Waals surface area contributed by atoms with E-state index in [0.29, 0.717) is 12.1 Å². The van der Waals surface area contributed by atoms with Crippen LogP contribution in [0.4, 0.5) is 0 Å². The molecule has 1 aliphatic rings. The Morgan fingerprint density at radius 3 is 3.12 bits per heavy atom. The maximum atomic E-state index is 5.44. The van der Waals surface area contributed by atoms with Gasteiger partial charge in [-0.05, 0) is 31.9 Å². The first-order chi connectivity index (χ1) is 8.25. The number of nitrogens with one attached hydrogen (secondary N) is 2. The summed E-state index contributed by atoms with van der Waals surface area (Å²) in [6, 6.07) is 2.93. The number of ether oxygens (including phenoxy) is 1. The van der Waals surface area contributed by atoms with E-state index >= 15 is 0 Å². The van der Waals surface area contributed by atoms with E-state index in [1.165, 1.54) is 5.56 Å². The molecule has 4 nitrogen and oxygen atoms in total. The Kier molecular flexibility index (Phi) is 4.59. The van der Waals surface area contributed by atoms with Gasteiger partial charge in [-0.3, -0.25) is 0 Å². The summed E-state index contributed by atoms with van der Waals surface area (Å²) in [7, 11) is 0. The third-order valence-electron chi connectivity index (χ3n) is 3.22. The van der Waals surface area contributed by atoms with E-state index in [-0.39, 0.29) is 0 Å². The standard InChI is InChI=1S/C13H22N2O2/c1-10-3-5-17-13(10)8-15-11(2)7-12-9-16-6-4-14-12/h3,5,11-12,14-15H,4,6-9H2,1-2H3. The Morgan fingerprint density at radius 1 is 1.59 bits per heavy atom. The third-order valence-corrected chi connectivity index (χ3v) is 3.22. The van der Waals surface area contributed by atoms with Crippen molar-refractivity contribution in [1.29, 1.82) is 0 Å². The highest BCUT2D eigenvalue weighted by Crippen LogP contribution is 2.09. The number of hydrogen-bond donors (Lipinski definition) is 2. The monoisotopic (exact) mass is 238 g/mol. The summed E-state index contributed by atoms with van der Waals surface area (Å²) in [5.41, 5.74) is 1.21. The molecule has 1 aromatic heterocycles. The van der Waals surface area contributed by atoms with E-state index in [1.807, 2.05) is 6.07 Å². The summed E-state index contributed by atoms with van der Waals surface area (Å²) in [6.07, 6.45) is 2.83. The number of hydrogen-bond acceptors (Lipinski definition) is 4. The zero-order valence-corrected chi connectivity index (χ0v) is 10.7. The number of rotatable bonds is 5. The maximum Gasteiger partial charge on any atom is 0.120 e. The van der Waals surface area contributed by atoms with Crippen LogP contribution in [0.1, 0.15) is 24.7 Å². The van der Waals surface area contributed by atoms with Gasteiger partial charge in [-0.15, -0.1) is 0 Å². The van der Waals surface area contributed by atoms with Gasteiger partial charge in [-0.25, -0.2) is 0 Å². The van der Waals surface area contributed by atoms with Gasteiger partial charge in [0.25, 0.3) is 0 Å². The largest absolute Gasteiger partial charge is 0.468 e. The number of furan rings is 1. The van der Waals surface area contributed by atoms with Crippen LogP contribution < -0.4 is 10.6 Å². The Bertz CT molecular complexity index is 332. The van der Waals surface area contributed by atoms with E-state index in [4.69, 9.17) is 9.15 Å². The van der Waals surface area contributed by atoms with Gasteiger partial charge in [0.15, 0.2) is 0 Å². The number of aryl methyl sites for hydroxylation is 1. The van der Waals surface area contributed by atoms with Gasteiger partial charge in [-0.1, -0.05) is 0 Å². The molecule has 0 radical (unpaired) electrons. The van der Waals surface area contributed by atoms with Gasteiger partial charge in [-0.2, -0.15) is 0 Å². The van der Waals surface area contributed by atoms with Gasteiger partial charge < -0.3 is 19.8 Å². The van der Waals surface area contributed by atoms with E-state index in [0.717, 1.165) is 38.5 Å². The normalized spacial score (nSPS) is 22.6. The van der Waals surface area contributed by atoms with Crippen LogP contribution in [0, 0.1) is 6.92 Å². The van der Waals surface area contributed by atoms with Gasteiger partial charge in [0.05, 0.1) is 26.0 Å². The highest BCUT2D eigenvalue weighted by molar-refractivity contribution is 5.14. The molecule has 1 fully saturated rings. The Morgan fingerprint density at radius 2 is 2.47 bits per heavy atom. The molecule has 17 heavy (non-hydrogen) atoms. The molecule has 2 N–H and O–H groups in total. The van der Waals surface area contributed by atoms with Crippen molar-refractivity contribution in [3.8, 4) is 0 Å². The summed E-state index contributed by atoms with van der Waals surface area (Å²) in [4.78, 5) is 0. The first kappa shape index (κ1) is 12.6. The highest BCUT2D eigenvalue weighted by atomic mass is 16.5. The molecule has 1 saturated heterocycles. The second-order valence-corrected chi connectivity index (χ2v) is 4.77. The SMILES string of the molecule is Cc1ccoc1CNC(C)CC1COCCN1. The molecular formula is C13H22N2O2. The predicted molar refractivity (Wildman–Crippen MR) is 67.0 cm³/mol. The van der Waals surface area contributed by atoms with E-state index in [2.05, 4.69) is 24.5 Å². The molecule has 0 saturated carbocycles. The third kappa shape index (κ3) is 3.84. The summed E-state index contributed by atoms with van der Waals surface area (Å²) in [6.45, 7) is 7.70. The van der Waals surface area contributed by atoms with Crippen LogP contribution in [-0.4, -0.2) is 31.8 Å². The molecule has 1 aromatic rings. The van der Waals surface area contributed by atoms with E-state index in [9.17, 15) is 0 Å². The van der Waals surface area contributed by atoms with Gasteiger partial charge in [0.1, 0.15) is 5.76 Å². The average molecular weight is 238 g/mol. The Labute approximate surface area is 103 Å². The molecule has 0 amide bonds. The maximum absolute atomic E-state index is 5.44. The van der Waals surface area contributed by atoms with Crippen molar-refractivity contribution < 1.29 is 9.15 Å². The number of morpholine rings is 1. The Hall–Kier alpha value is -0.840. The van der Waals surface area contributed by atoms with Crippen LogP contribution in [-0.2, 0) is 11.3 Å². The highest BCUT2D eigenvalue weighted by Gasteiger charge is 2.16. The zero-order valence-electron chi connectivity index (χ0n) is 10.7. The molecular weight excluding hydrogens is 216 g/mol. The van der Waals surface area contributed by atoms with Crippen molar-refractivity contribution >= 4 is 0 Å². The molecule has 1 aliphatic heterocycles. The van der Waals surface area contributed by atoms with Crippen molar-refractivity contribution in [1.82, 2.24) is 10.6 Å². The molecule has 0 aliphatic carbocycles. The van der Waals surface area contributed by atoms with Crippen LogP contribution in [0.15, 0.2) is 16.7 Å². The van der Waals surface area contributed by atoms with Crippen molar-refractivity contribution in [2.24, 2.45) is 0 Å². The summed E-state index contributed by atoms with van der Waals surface area (Å²) >= 11 is 0. The molecule has 0 aromatic carbocycles. The van der Waals surface area contributed by atoms with Crippen LogP contribution in [0.2, 0.25) is 0 Å². The summed E-state index contributed by atoms with van der Waals surface area (Å²) < 4.78 is 10.8. The minimum atomic E-state index is 0.457. The van der Waals surface area contributed by atoms with Crippen molar-refractivity contribution in [3.63, 3.8) is 0 Å². The van der Waals surface area contributed by atoms with E-state index in [1.54, 1.807) is 6.26 Å². The van der Waals surface area contributed by atoms with E-state index < -0.39 is 0 Å². The van der Waals surface area contributed by atoms with Crippen LogP contribution >= 0.6 is 0 Å². The smallest absolute Gasteiger partial charge is 0.120 e. The minimum Gasteiger partial charge on any atom is -0.468 e. The lowest BCUT2D eigenvalue weighted by Gasteiger charge is -2.26. The second-order valence-electron chi connectivity index (χ2n) is 4.77. The lowest BCUT2D eigenvalue weighted by atomic mass is 10.1. The molecule has 2 unspecified atom stereocenters. The summed E-state index contributed by atoms with van der Waals surface area (Å²) in [5, 5.41) is 6.95. The first-order valence-electron chi connectivity index (χ1n) is 6.33. The summed E-state index contributed by atoms with van der Waals surface area (Å²) in [5.74, 6) is 1.03. The van der Waals surface area contributed by atoms with Crippen LogP contribution in [0.25, 0.3) is 0 Å². The lowest BCUT2D eigenvalue weighted by Crippen LogP contribution is -2.44. The average Bonchev–Trinajstić information content (AvgIpc) is 2.74. The topological polar surface area (TPSA) is 46.4 Å². The van der Waals surface area contributed by atoms with Crippen molar-refractivity contribution in [2.45, 2.75) is 38.9 Å².